The maximum Gasteiger partial charge on any atom is 0.221 e. The van der Waals surface area contributed by atoms with Gasteiger partial charge in [-0.2, -0.15) is 0 Å². The summed E-state index contributed by atoms with van der Waals surface area (Å²) >= 11 is 0. The van der Waals surface area contributed by atoms with Crippen molar-refractivity contribution in [2.75, 3.05) is 13.2 Å². The van der Waals surface area contributed by atoms with Crippen molar-refractivity contribution in [2.24, 2.45) is 0 Å². The molecule has 0 saturated carbocycles. The third kappa shape index (κ3) is 1.50. The molecule has 8 heavy (non-hydrogen) atoms. The smallest absolute Gasteiger partial charge is 0.221 e. The van der Waals surface area contributed by atoms with Crippen molar-refractivity contribution < 1.29 is 4.79 Å². The molecule has 0 aromatic carbocycles. The molecule has 0 atom stereocenters. The topological polar surface area (TPSA) is 41.1 Å². The highest BCUT2D eigenvalue weighted by Gasteiger charge is 2.02. The van der Waals surface area contributed by atoms with E-state index in [9.17, 15) is 4.79 Å². The molecule has 1 amide bonds. The molecule has 46 valence electrons. The lowest BCUT2D eigenvalue weighted by Crippen LogP contribution is -2.29. The standard InChI is InChI=1S/C5H10N2O/c8-5-2-1-3-6-4-7-5/h6H,1-4H2,(H,7,8). The fraction of sp³-hybridized carbons (Fsp3) is 0.800. The van der Waals surface area contributed by atoms with Gasteiger partial charge in [-0.15, -0.1) is 0 Å². The van der Waals surface area contributed by atoms with E-state index in [1.54, 1.807) is 0 Å². The molecule has 1 heterocycles. The minimum Gasteiger partial charge on any atom is -0.344 e. The molecule has 1 rings (SSSR count). The summed E-state index contributed by atoms with van der Waals surface area (Å²) in [6.07, 6.45) is 1.64. The molecule has 1 saturated heterocycles. The van der Waals surface area contributed by atoms with Gasteiger partial charge in [-0.05, 0) is 13.0 Å². The highest BCUT2D eigenvalue weighted by Crippen LogP contribution is 1.88. The predicted molar refractivity (Wildman–Crippen MR) is 30.2 cm³/mol. The molecule has 0 spiro atoms. The van der Waals surface area contributed by atoms with Gasteiger partial charge in [-0.25, -0.2) is 0 Å². The summed E-state index contributed by atoms with van der Waals surface area (Å²) in [5.74, 6) is 0.162. The number of amides is 1. The Balaban J connectivity index is 2.27. The van der Waals surface area contributed by atoms with Crippen molar-refractivity contribution in [3.8, 4) is 0 Å². The third-order valence-corrected chi connectivity index (χ3v) is 1.17. The molecule has 1 aliphatic heterocycles. The van der Waals surface area contributed by atoms with Crippen molar-refractivity contribution in [2.45, 2.75) is 12.8 Å². The van der Waals surface area contributed by atoms with E-state index in [2.05, 4.69) is 10.6 Å². The molecule has 3 nitrogen and oxygen atoms in total. The Kier molecular flexibility index (Phi) is 1.86. The fourth-order valence-corrected chi connectivity index (χ4v) is 0.712. The van der Waals surface area contributed by atoms with Gasteiger partial charge in [0.15, 0.2) is 0 Å². The second-order valence-corrected chi connectivity index (χ2v) is 1.88. The van der Waals surface area contributed by atoms with Gasteiger partial charge < -0.3 is 5.32 Å². The average Bonchev–Trinajstić information content (AvgIpc) is 1.94. The third-order valence-electron chi connectivity index (χ3n) is 1.17. The molecule has 3 heteroatoms. The first-order chi connectivity index (χ1) is 3.89. The van der Waals surface area contributed by atoms with Crippen molar-refractivity contribution in [1.29, 1.82) is 0 Å². The summed E-state index contributed by atoms with van der Waals surface area (Å²) in [4.78, 5) is 10.5. The Morgan fingerprint density at radius 1 is 1.50 bits per heavy atom. The van der Waals surface area contributed by atoms with Gasteiger partial charge in [-0.3, -0.25) is 10.1 Å². The van der Waals surface area contributed by atoms with E-state index in [1.807, 2.05) is 0 Å². The van der Waals surface area contributed by atoms with Gasteiger partial charge in [-0.1, -0.05) is 0 Å². The highest BCUT2D eigenvalue weighted by atomic mass is 16.1. The molecule has 0 radical (unpaired) electrons. The Hall–Kier alpha value is -0.570. The summed E-state index contributed by atoms with van der Waals surface area (Å²) in [5, 5.41) is 5.74. The van der Waals surface area contributed by atoms with Gasteiger partial charge in [0.2, 0.25) is 5.91 Å². The summed E-state index contributed by atoms with van der Waals surface area (Å²) in [6, 6.07) is 0. The van der Waals surface area contributed by atoms with E-state index in [0.717, 1.165) is 13.0 Å². The van der Waals surface area contributed by atoms with E-state index in [1.165, 1.54) is 0 Å². The average molecular weight is 114 g/mol. The van der Waals surface area contributed by atoms with Crippen LogP contribution in [-0.2, 0) is 4.79 Å². The largest absolute Gasteiger partial charge is 0.344 e. The predicted octanol–water partition coefficient (Wildman–Crippen LogP) is -0.557. The van der Waals surface area contributed by atoms with Crippen LogP contribution in [0.5, 0.6) is 0 Å². The Labute approximate surface area is 48.5 Å². The molecule has 0 unspecified atom stereocenters. The summed E-state index contributed by atoms with van der Waals surface area (Å²) in [6.45, 7) is 1.59. The SMILES string of the molecule is O=C1CCCNCN1. The molecule has 0 aromatic heterocycles. The van der Waals surface area contributed by atoms with Crippen LogP contribution >= 0.6 is 0 Å². The van der Waals surface area contributed by atoms with E-state index >= 15 is 0 Å². The first kappa shape index (κ1) is 5.56. The van der Waals surface area contributed by atoms with Gasteiger partial charge in [0.25, 0.3) is 0 Å². The van der Waals surface area contributed by atoms with E-state index < -0.39 is 0 Å². The number of hydrogen-bond acceptors (Lipinski definition) is 2. The van der Waals surface area contributed by atoms with Crippen LogP contribution in [-0.4, -0.2) is 19.1 Å². The maximum absolute atomic E-state index is 10.5. The molecule has 1 fully saturated rings. The van der Waals surface area contributed by atoms with Crippen molar-refractivity contribution in [1.82, 2.24) is 10.6 Å². The monoisotopic (exact) mass is 114 g/mol. The van der Waals surface area contributed by atoms with E-state index in [0.29, 0.717) is 13.1 Å². The van der Waals surface area contributed by atoms with Crippen LogP contribution in [0.4, 0.5) is 0 Å². The van der Waals surface area contributed by atoms with Crippen LogP contribution in [0.15, 0.2) is 0 Å². The lowest BCUT2D eigenvalue weighted by molar-refractivity contribution is -0.120. The first-order valence-electron chi connectivity index (χ1n) is 2.87. The fourth-order valence-electron chi connectivity index (χ4n) is 0.712. The first-order valence-corrected chi connectivity index (χ1v) is 2.87. The van der Waals surface area contributed by atoms with Crippen LogP contribution in [0.3, 0.4) is 0 Å². The van der Waals surface area contributed by atoms with Crippen molar-refractivity contribution >= 4 is 5.91 Å². The maximum atomic E-state index is 10.5. The Morgan fingerprint density at radius 3 is 3.25 bits per heavy atom. The number of hydrogen-bond donors (Lipinski definition) is 2. The van der Waals surface area contributed by atoms with Gasteiger partial charge in [0.1, 0.15) is 0 Å². The Bertz CT molecular complexity index is 82.4. The van der Waals surface area contributed by atoms with Crippen LogP contribution in [0, 0.1) is 0 Å². The number of carbonyl (C=O) groups is 1. The highest BCUT2D eigenvalue weighted by molar-refractivity contribution is 5.75. The second-order valence-electron chi connectivity index (χ2n) is 1.88. The summed E-state index contributed by atoms with van der Waals surface area (Å²) < 4.78 is 0. The molecular weight excluding hydrogens is 104 g/mol. The minimum absolute atomic E-state index is 0.162. The number of carbonyl (C=O) groups excluding carboxylic acids is 1. The Morgan fingerprint density at radius 2 is 2.38 bits per heavy atom. The zero-order valence-corrected chi connectivity index (χ0v) is 4.74. The van der Waals surface area contributed by atoms with Gasteiger partial charge in [0, 0.05) is 6.42 Å². The van der Waals surface area contributed by atoms with Crippen molar-refractivity contribution in [3.05, 3.63) is 0 Å². The zero-order valence-electron chi connectivity index (χ0n) is 4.74. The zero-order chi connectivity index (χ0) is 5.82. The van der Waals surface area contributed by atoms with Gasteiger partial charge in [0.05, 0.1) is 6.67 Å². The molecule has 1 aliphatic rings. The number of rotatable bonds is 0. The van der Waals surface area contributed by atoms with Gasteiger partial charge >= 0.3 is 0 Å². The number of nitrogens with one attached hydrogen (secondary N) is 2. The quantitative estimate of drug-likeness (QED) is 0.443. The van der Waals surface area contributed by atoms with Crippen LogP contribution in [0.2, 0.25) is 0 Å². The normalized spacial score (nSPS) is 21.8. The van der Waals surface area contributed by atoms with Crippen LogP contribution in [0.25, 0.3) is 0 Å². The van der Waals surface area contributed by atoms with E-state index in [-0.39, 0.29) is 5.91 Å². The molecular formula is C5H10N2O. The van der Waals surface area contributed by atoms with Crippen molar-refractivity contribution in [3.63, 3.8) is 0 Å². The minimum atomic E-state index is 0.162. The lowest BCUT2D eigenvalue weighted by atomic mass is 10.3. The second kappa shape index (κ2) is 2.67. The molecule has 0 bridgehead atoms. The van der Waals surface area contributed by atoms with Crippen LogP contribution in [0.1, 0.15) is 12.8 Å². The summed E-state index contributed by atoms with van der Waals surface area (Å²) in [7, 11) is 0. The summed E-state index contributed by atoms with van der Waals surface area (Å²) in [5.41, 5.74) is 0. The lowest BCUT2D eigenvalue weighted by Gasteiger charge is -1.95. The molecule has 0 aliphatic carbocycles. The van der Waals surface area contributed by atoms with E-state index in [4.69, 9.17) is 0 Å². The van der Waals surface area contributed by atoms with Crippen LogP contribution < -0.4 is 10.6 Å². The molecule has 2 N–H and O–H groups in total. The molecule has 0 aromatic rings.